The monoisotopic (exact) mass is 383 g/mol. The number of fused-ring (bicyclic) bond motifs is 5. The summed E-state index contributed by atoms with van der Waals surface area (Å²) >= 11 is 6.58. The minimum Gasteiger partial charge on any atom is -0.449 e. The molecular weight excluding hydrogens is 370 g/mol. The fourth-order valence-electron chi connectivity index (χ4n) is 3.95. The van der Waals surface area contributed by atoms with Crippen molar-refractivity contribution in [1.29, 1.82) is 0 Å². The van der Waals surface area contributed by atoms with Crippen LogP contribution in [0.25, 0.3) is 27.5 Å². The average molecular weight is 384 g/mol. The topological polar surface area (TPSA) is 23.4 Å². The Morgan fingerprint density at radius 2 is 1.29 bits per heavy atom. The first-order valence-electron chi connectivity index (χ1n) is 9.07. The molecule has 0 bridgehead atoms. The molecule has 0 atom stereocenters. The summed E-state index contributed by atoms with van der Waals surface area (Å²) < 4.78 is 14.6. The van der Waals surface area contributed by atoms with E-state index in [2.05, 4.69) is 22.8 Å². The van der Waals surface area contributed by atoms with Crippen LogP contribution in [0.15, 0.2) is 84.9 Å². The third-order valence-corrected chi connectivity index (χ3v) is 5.44. The zero-order valence-corrected chi connectivity index (χ0v) is 15.5. The molecule has 0 aliphatic carbocycles. The predicted molar refractivity (Wildman–Crippen MR) is 112 cm³/mol. The molecular formula is C24H14ClNO2. The third-order valence-electron chi connectivity index (χ3n) is 5.13. The summed E-state index contributed by atoms with van der Waals surface area (Å²) in [5.74, 6) is 2.83. The van der Waals surface area contributed by atoms with Gasteiger partial charge in [-0.05, 0) is 42.5 Å². The van der Waals surface area contributed by atoms with Crippen molar-refractivity contribution in [3.63, 3.8) is 0 Å². The predicted octanol–water partition coefficient (Wildman–Crippen LogP) is 7.34. The van der Waals surface area contributed by atoms with Gasteiger partial charge in [0.2, 0.25) is 0 Å². The lowest BCUT2D eigenvalue weighted by Gasteiger charge is -2.23. The van der Waals surface area contributed by atoms with Crippen molar-refractivity contribution in [1.82, 2.24) is 4.57 Å². The van der Waals surface area contributed by atoms with Gasteiger partial charge >= 0.3 is 0 Å². The Bertz CT molecular complexity index is 1390. The lowest BCUT2D eigenvalue weighted by atomic mass is 10.1. The molecule has 28 heavy (non-hydrogen) atoms. The molecule has 0 spiro atoms. The molecule has 0 saturated carbocycles. The third kappa shape index (κ3) is 2.11. The molecule has 0 radical (unpaired) electrons. The standard InChI is InChI=1S/C24H14ClNO2/c25-16-8-5-10-18-23(16)15-7-1-2-9-17(15)26(18)19-11-6-14-22-24(19)28-21-13-4-3-12-20(21)27-22/h1-14H. The number of rotatable bonds is 1. The number of halogens is 1. The maximum atomic E-state index is 6.58. The molecule has 4 heteroatoms. The van der Waals surface area contributed by atoms with Gasteiger partial charge < -0.3 is 14.0 Å². The molecule has 2 heterocycles. The van der Waals surface area contributed by atoms with Crippen LogP contribution in [-0.4, -0.2) is 4.57 Å². The van der Waals surface area contributed by atoms with Crippen LogP contribution in [0.3, 0.4) is 0 Å². The van der Waals surface area contributed by atoms with Crippen molar-refractivity contribution >= 4 is 33.4 Å². The fraction of sp³-hybridized carbons (Fsp3) is 0. The van der Waals surface area contributed by atoms with Gasteiger partial charge in [0.1, 0.15) is 0 Å². The highest BCUT2D eigenvalue weighted by Gasteiger charge is 2.24. The van der Waals surface area contributed by atoms with Gasteiger partial charge in [-0.1, -0.05) is 54.1 Å². The maximum absolute atomic E-state index is 6.58. The number of ether oxygens (including phenoxy) is 2. The van der Waals surface area contributed by atoms with Crippen molar-refractivity contribution in [2.75, 3.05) is 0 Å². The second-order valence-corrected chi connectivity index (χ2v) is 7.15. The Morgan fingerprint density at radius 1 is 0.607 bits per heavy atom. The Morgan fingerprint density at radius 3 is 2.18 bits per heavy atom. The first kappa shape index (κ1) is 15.6. The van der Waals surface area contributed by atoms with E-state index in [1.54, 1.807) is 0 Å². The molecule has 0 saturated heterocycles. The number of hydrogen-bond donors (Lipinski definition) is 0. The lowest BCUT2D eigenvalue weighted by Crippen LogP contribution is -2.03. The summed E-state index contributed by atoms with van der Waals surface area (Å²) in [6.07, 6.45) is 0. The highest BCUT2D eigenvalue weighted by atomic mass is 35.5. The zero-order chi connectivity index (χ0) is 18.7. The smallest absolute Gasteiger partial charge is 0.194 e. The van der Waals surface area contributed by atoms with Gasteiger partial charge in [-0.15, -0.1) is 0 Å². The highest BCUT2D eigenvalue weighted by molar-refractivity contribution is 6.38. The van der Waals surface area contributed by atoms with E-state index in [0.29, 0.717) is 17.2 Å². The van der Waals surface area contributed by atoms with Crippen molar-refractivity contribution in [3.05, 3.63) is 90.0 Å². The number of hydrogen-bond acceptors (Lipinski definition) is 2. The van der Waals surface area contributed by atoms with E-state index in [4.69, 9.17) is 21.1 Å². The molecule has 3 nitrogen and oxygen atoms in total. The van der Waals surface area contributed by atoms with Gasteiger partial charge in [-0.25, -0.2) is 0 Å². The Hall–Kier alpha value is -3.43. The minimum absolute atomic E-state index is 0.698. The summed E-state index contributed by atoms with van der Waals surface area (Å²) in [4.78, 5) is 0. The summed E-state index contributed by atoms with van der Waals surface area (Å²) in [6, 6.07) is 27.9. The second kappa shape index (κ2) is 5.78. The quantitative estimate of drug-likeness (QED) is 0.296. The van der Waals surface area contributed by atoms with Gasteiger partial charge in [0.15, 0.2) is 23.0 Å². The highest BCUT2D eigenvalue weighted by Crippen LogP contribution is 2.49. The average Bonchev–Trinajstić information content (AvgIpc) is 3.07. The van der Waals surface area contributed by atoms with Crippen molar-refractivity contribution < 1.29 is 9.47 Å². The van der Waals surface area contributed by atoms with E-state index in [-0.39, 0.29) is 0 Å². The van der Waals surface area contributed by atoms with Crippen molar-refractivity contribution in [2.45, 2.75) is 0 Å². The second-order valence-electron chi connectivity index (χ2n) is 6.74. The van der Waals surface area contributed by atoms with E-state index < -0.39 is 0 Å². The number of aromatic nitrogens is 1. The molecule has 5 aromatic rings. The van der Waals surface area contributed by atoms with E-state index in [1.807, 2.05) is 66.7 Å². The van der Waals surface area contributed by atoms with Crippen LogP contribution in [0, 0.1) is 0 Å². The maximum Gasteiger partial charge on any atom is 0.194 e. The lowest BCUT2D eigenvalue weighted by molar-refractivity contribution is 0.359. The largest absolute Gasteiger partial charge is 0.449 e. The molecule has 0 N–H and O–H groups in total. The summed E-state index contributed by atoms with van der Waals surface area (Å²) in [6.45, 7) is 0. The molecule has 4 aromatic carbocycles. The van der Waals surface area contributed by atoms with Crippen LogP contribution in [-0.2, 0) is 0 Å². The van der Waals surface area contributed by atoms with Gasteiger partial charge in [0.05, 0.1) is 21.7 Å². The van der Waals surface area contributed by atoms with Gasteiger partial charge in [-0.2, -0.15) is 0 Å². The first-order chi connectivity index (χ1) is 13.8. The van der Waals surface area contributed by atoms with E-state index in [9.17, 15) is 0 Å². The summed E-state index contributed by atoms with van der Waals surface area (Å²) in [5, 5.41) is 2.88. The van der Waals surface area contributed by atoms with Crippen LogP contribution in [0.4, 0.5) is 0 Å². The van der Waals surface area contributed by atoms with Gasteiger partial charge in [-0.3, -0.25) is 0 Å². The van der Waals surface area contributed by atoms with Gasteiger partial charge in [0, 0.05) is 10.8 Å². The first-order valence-corrected chi connectivity index (χ1v) is 9.45. The van der Waals surface area contributed by atoms with Crippen LogP contribution in [0.1, 0.15) is 0 Å². The number of para-hydroxylation sites is 4. The summed E-state index contributed by atoms with van der Waals surface area (Å²) in [7, 11) is 0. The zero-order valence-electron chi connectivity index (χ0n) is 14.7. The normalized spacial score (nSPS) is 12.3. The molecule has 0 fully saturated rings. The summed E-state index contributed by atoms with van der Waals surface area (Å²) in [5.41, 5.74) is 3.02. The molecule has 6 rings (SSSR count). The Balaban J connectivity index is 1.69. The Labute approximate surface area is 166 Å². The molecule has 134 valence electrons. The van der Waals surface area contributed by atoms with Gasteiger partial charge in [0.25, 0.3) is 0 Å². The van der Waals surface area contributed by atoms with E-state index in [1.165, 1.54) is 0 Å². The molecule has 0 unspecified atom stereocenters. The molecule has 1 aliphatic rings. The Kier molecular flexibility index (Phi) is 3.22. The SMILES string of the molecule is Clc1cccc2c1c1ccccc1n2-c1cccc2c1Oc1ccccc1O2. The van der Waals surface area contributed by atoms with E-state index >= 15 is 0 Å². The minimum atomic E-state index is 0.698. The van der Waals surface area contributed by atoms with Crippen LogP contribution < -0.4 is 9.47 Å². The van der Waals surface area contributed by atoms with Crippen LogP contribution in [0.2, 0.25) is 5.02 Å². The number of nitrogens with zero attached hydrogens (tertiary/aromatic N) is 1. The van der Waals surface area contributed by atoms with Crippen molar-refractivity contribution in [2.24, 2.45) is 0 Å². The molecule has 1 aromatic heterocycles. The van der Waals surface area contributed by atoms with Crippen LogP contribution in [0.5, 0.6) is 23.0 Å². The number of benzene rings is 4. The van der Waals surface area contributed by atoms with Crippen LogP contribution >= 0.6 is 11.6 Å². The fourth-order valence-corrected chi connectivity index (χ4v) is 4.22. The molecule has 0 amide bonds. The molecule has 1 aliphatic heterocycles. The van der Waals surface area contributed by atoms with Crippen molar-refractivity contribution in [3.8, 4) is 28.7 Å². The van der Waals surface area contributed by atoms with E-state index in [0.717, 1.165) is 38.3 Å².